The molecule has 2 aliphatic carbocycles. The lowest BCUT2D eigenvalue weighted by atomic mass is 9.73. The van der Waals surface area contributed by atoms with Crippen molar-refractivity contribution in [1.82, 2.24) is 10.2 Å². The van der Waals surface area contributed by atoms with Crippen LogP contribution < -0.4 is 5.32 Å². The zero-order valence-corrected chi connectivity index (χ0v) is 22.3. The molecule has 2 atom stereocenters. The van der Waals surface area contributed by atoms with Crippen LogP contribution in [0.15, 0.2) is 78.9 Å². The molecule has 2 saturated heterocycles. The van der Waals surface area contributed by atoms with Crippen molar-refractivity contribution in [2.45, 2.75) is 50.0 Å². The van der Waals surface area contributed by atoms with Crippen molar-refractivity contribution in [1.29, 1.82) is 0 Å². The molecule has 2 amide bonds. The summed E-state index contributed by atoms with van der Waals surface area (Å²) in [6.45, 7) is 2.41. The molecule has 8 nitrogen and oxygen atoms in total. The van der Waals surface area contributed by atoms with Crippen LogP contribution in [0.25, 0.3) is 11.1 Å². The minimum Gasteiger partial charge on any atom is -0.479 e. The quantitative estimate of drug-likeness (QED) is 0.412. The molecule has 7 rings (SSSR count). The standard InChI is InChI=1S/C32H32N2O6/c1-20(39-18-21-9-3-2-4-10-21)28(29(35)34-17-22-15-32(34,16-22)30(36)37)33-31(38)40-19-27-25-13-7-5-11-23(25)24-12-6-8-14-26(24)27/h2-14,20,22,27-28H,15-19H2,1H3,(H,33,38)(H,36,37)/t20-,22?,28+,32?/m0/s1. The molecule has 3 aromatic rings. The first-order valence-corrected chi connectivity index (χ1v) is 13.7. The van der Waals surface area contributed by atoms with Crippen LogP contribution in [0.3, 0.4) is 0 Å². The van der Waals surface area contributed by atoms with Crippen LogP contribution in [-0.2, 0) is 25.7 Å². The number of amides is 2. The van der Waals surface area contributed by atoms with Crippen molar-refractivity contribution >= 4 is 18.0 Å². The number of carbonyl (C=O) groups excluding carboxylic acids is 2. The predicted molar refractivity (Wildman–Crippen MR) is 147 cm³/mol. The first-order valence-electron chi connectivity index (χ1n) is 13.7. The van der Waals surface area contributed by atoms with Gasteiger partial charge in [0.05, 0.1) is 12.7 Å². The number of rotatable bonds is 9. The molecule has 40 heavy (non-hydrogen) atoms. The average molecular weight is 541 g/mol. The Morgan fingerprint density at radius 2 is 1.55 bits per heavy atom. The van der Waals surface area contributed by atoms with Crippen molar-refractivity contribution in [2.75, 3.05) is 13.2 Å². The molecule has 3 fully saturated rings. The summed E-state index contributed by atoms with van der Waals surface area (Å²) < 4.78 is 11.7. The number of nitrogens with one attached hydrogen (secondary N) is 1. The SMILES string of the molecule is C[C@H](OCc1ccccc1)[C@@H](NC(=O)OCC1c2ccccc2-c2ccccc21)C(=O)N1CC2CC1(C(=O)O)C2. The second kappa shape index (κ2) is 10.4. The van der Waals surface area contributed by atoms with E-state index in [1.807, 2.05) is 66.7 Å². The van der Waals surface area contributed by atoms with Gasteiger partial charge in [0, 0.05) is 12.5 Å². The number of alkyl carbamates (subject to hydrolysis) is 1. The van der Waals surface area contributed by atoms with Gasteiger partial charge in [0.2, 0.25) is 5.91 Å². The molecule has 2 heterocycles. The van der Waals surface area contributed by atoms with Crippen molar-refractivity contribution in [3.8, 4) is 11.1 Å². The van der Waals surface area contributed by atoms with E-state index in [2.05, 4.69) is 17.4 Å². The van der Waals surface area contributed by atoms with Crippen LogP contribution in [0.4, 0.5) is 4.79 Å². The lowest BCUT2D eigenvalue weighted by molar-refractivity contribution is -0.160. The number of carbonyl (C=O) groups is 3. The van der Waals surface area contributed by atoms with E-state index in [9.17, 15) is 19.5 Å². The van der Waals surface area contributed by atoms with E-state index in [0.29, 0.717) is 19.4 Å². The van der Waals surface area contributed by atoms with Gasteiger partial charge in [-0.1, -0.05) is 78.9 Å². The summed E-state index contributed by atoms with van der Waals surface area (Å²) in [4.78, 5) is 40.5. The zero-order chi connectivity index (χ0) is 27.9. The molecule has 2 N–H and O–H groups in total. The molecule has 0 spiro atoms. The smallest absolute Gasteiger partial charge is 0.407 e. The second-order valence-electron chi connectivity index (χ2n) is 11.0. The Hall–Kier alpha value is -4.17. The average Bonchev–Trinajstić information content (AvgIpc) is 3.63. The highest BCUT2D eigenvalue weighted by Gasteiger charge is 2.63. The molecule has 2 aliphatic heterocycles. The largest absolute Gasteiger partial charge is 0.479 e. The van der Waals surface area contributed by atoms with Gasteiger partial charge < -0.3 is 24.8 Å². The van der Waals surface area contributed by atoms with E-state index in [4.69, 9.17) is 9.47 Å². The Morgan fingerprint density at radius 3 is 2.17 bits per heavy atom. The maximum atomic E-state index is 13.8. The van der Waals surface area contributed by atoms with Gasteiger partial charge in [-0.25, -0.2) is 9.59 Å². The number of nitrogens with zero attached hydrogens (tertiary/aromatic N) is 1. The Balaban J connectivity index is 1.18. The second-order valence-corrected chi connectivity index (χ2v) is 11.0. The number of hydrogen-bond acceptors (Lipinski definition) is 5. The normalized spacial score (nSPS) is 22.0. The molecule has 0 unspecified atom stereocenters. The number of carboxylic acids is 1. The highest BCUT2D eigenvalue weighted by molar-refractivity contribution is 5.93. The molecular weight excluding hydrogens is 508 g/mol. The number of benzene rings is 3. The Morgan fingerprint density at radius 1 is 0.950 bits per heavy atom. The van der Waals surface area contributed by atoms with Gasteiger partial charge in [0.1, 0.15) is 18.2 Å². The van der Waals surface area contributed by atoms with Crippen molar-refractivity contribution in [2.24, 2.45) is 5.92 Å². The van der Waals surface area contributed by atoms with Crippen LogP contribution in [0, 0.1) is 5.92 Å². The zero-order valence-electron chi connectivity index (χ0n) is 22.3. The summed E-state index contributed by atoms with van der Waals surface area (Å²) in [5, 5.41) is 12.6. The van der Waals surface area contributed by atoms with Crippen LogP contribution in [0.1, 0.15) is 42.4 Å². The summed E-state index contributed by atoms with van der Waals surface area (Å²) in [6, 6.07) is 24.6. The number of ether oxygens (including phenoxy) is 2. The summed E-state index contributed by atoms with van der Waals surface area (Å²) in [5.74, 6) is -1.43. The molecule has 1 saturated carbocycles. The highest BCUT2D eigenvalue weighted by Crippen LogP contribution is 2.51. The van der Waals surface area contributed by atoms with Gasteiger partial charge in [0.15, 0.2) is 0 Å². The fraction of sp³-hybridized carbons (Fsp3) is 0.344. The maximum absolute atomic E-state index is 13.8. The lowest BCUT2D eigenvalue weighted by Crippen LogP contribution is -2.61. The van der Waals surface area contributed by atoms with Crippen LogP contribution in [0.5, 0.6) is 0 Å². The molecule has 0 radical (unpaired) electrons. The topological polar surface area (TPSA) is 105 Å². The summed E-state index contributed by atoms with van der Waals surface area (Å²) in [7, 11) is 0. The number of hydrogen-bond donors (Lipinski definition) is 2. The number of aliphatic carboxylic acids is 1. The summed E-state index contributed by atoms with van der Waals surface area (Å²) in [5.41, 5.74) is 4.13. The lowest BCUT2D eigenvalue weighted by Gasteiger charge is -2.39. The molecule has 0 aromatic heterocycles. The monoisotopic (exact) mass is 540 g/mol. The molecular formula is C32H32N2O6. The van der Waals surface area contributed by atoms with E-state index in [0.717, 1.165) is 27.8 Å². The molecule has 2 bridgehead atoms. The third-order valence-electron chi connectivity index (χ3n) is 8.58. The van der Waals surface area contributed by atoms with E-state index in [1.165, 1.54) is 4.90 Å². The van der Waals surface area contributed by atoms with Gasteiger partial charge >= 0.3 is 12.1 Å². The van der Waals surface area contributed by atoms with Gasteiger partial charge in [-0.2, -0.15) is 0 Å². The summed E-state index contributed by atoms with van der Waals surface area (Å²) >= 11 is 0. The van der Waals surface area contributed by atoms with E-state index < -0.39 is 35.7 Å². The fourth-order valence-electron chi connectivity index (χ4n) is 6.48. The molecule has 3 aromatic carbocycles. The molecule has 206 valence electrons. The van der Waals surface area contributed by atoms with Gasteiger partial charge in [-0.15, -0.1) is 0 Å². The Labute approximate surface area is 232 Å². The first kappa shape index (κ1) is 26.1. The van der Waals surface area contributed by atoms with Crippen molar-refractivity contribution in [3.63, 3.8) is 0 Å². The van der Waals surface area contributed by atoms with Gasteiger partial charge in [-0.3, -0.25) is 4.79 Å². The van der Waals surface area contributed by atoms with E-state index in [1.54, 1.807) is 6.92 Å². The Kier molecular flexibility index (Phi) is 6.80. The summed E-state index contributed by atoms with van der Waals surface area (Å²) in [6.07, 6.45) is -0.598. The van der Waals surface area contributed by atoms with Crippen molar-refractivity contribution < 1.29 is 29.0 Å². The third kappa shape index (κ3) is 4.52. The van der Waals surface area contributed by atoms with Crippen LogP contribution in [0.2, 0.25) is 0 Å². The minimum absolute atomic E-state index is 0.102. The third-order valence-corrected chi connectivity index (χ3v) is 8.58. The fourth-order valence-corrected chi connectivity index (χ4v) is 6.48. The van der Waals surface area contributed by atoms with Crippen molar-refractivity contribution in [3.05, 3.63) is 95.6 Å². The molecule has 8 heteroatoms. The highest BCUT2D eigenvalue weighted by atomic mass is 16.5. The molecule has 4 aliphatic rings. The van der Waals surface area contributed by atoms with Gasteiger partial charge in [-0.05, 0) is 53.5 Å². The Bertz CT molecular complexity index is 1390. The van der Waals surface area contributed by atoms with E-state index >= 15 is 0 Å². The number of carboxylic acid groups (broad SMARTS) is 1. The number of fused-ring (bicyclic) bond motifs is 4. The first-order chi connectivity index (χ1) is 19.4. The van der Waals surface area contributed by atoms with Crippen LogP contribution >= 0.6 is 0 Å². The van der Waals surface area contributed by atoms with E-state index in [-0.39, 0.29) is 25.0 Å². The maximum Gasteiger partial charge on any atom is 0.407 e. The van der Waals surface area contributed by atoms with Crippen LogP contribution in [-0.4, -0.2) is 58.8 Å². The minimum atomic E-state index is -1.21. The predicted octanol–water partition coefficient (Wildman–Crippen LogP) is 4.57. The van der Waals surface area contributed by atoms with Gasteiger partial charge in [0.25, 0.3) is 0 Å².